The van der Waals surface area contributed by atoms with Crippen LogP contribution < -0.4 is 0 Å². The summed E-state index contributed by atoms with van der Waals surface area (Å²) in [4.78, 5) is 10.1. The van der Waals surface area contributed by atoms with Gasteiger partial charge in [-0.05, 0) is 129 Å². The van der Waals surface area contributed by atoms with E-state index in [4.69, 9.17) is 14.4 Å². The SMILES string of the molecule is CC1(C)CCC(C)(C)c2cc(-c3ccc(-c4ccc(CC5(C)CCC(C)(C)c6cc(-c7ccc8oc9ccccc9c8c7)ncc65)cc4)cc3)ncc21. The maximum atomic E-state index is 6.11. The van der Waals surface area contributed by atoms with Gasteiger partial charge in [0.1, 0.15) is 11.2 Å². The van der Waals surface area contributed by atoms with E-state index in [9.17, 15) is 0 Å². The van der Waals surface area contributed by atoms with Crippen molar-refractivity contribution in [2.45, 2.75) is 102 Å². The molecule has 3 heteroatoms. The van der Waals surface area contributed by atoms with Crippen molar-refractivity contribution in [3.63, 3.8) is 0 Å². The van der Waals surface area contributed by atoms with Crippen molar-refractivity contribution in [2.24, 2.45) is 0 Å². The number of aromatic nitrogens is 2. The molecule has 53 heavy (non-hydrogen) atoms. The normalized spacial score (nSPS) is 19.9. The summed E-state index contributed by atoms with van der Waals surface area (Å²) in [6.07, 6.45) is 9.99. The summed E-state index contributed by atoms with van der Waals surface area (Å²) in [5.74, 6) is 0. The molecule has 1 unspecified atom stereocenters. The first-order chi connectivity index (χ1) is 25.3. The van der Waals surface area contributed by atoms with E-state index in [0.29, 0.717) is 0 Å². The minimum absolute atomic E-state index is 0.00984. The van der Waals surface area contributed by atoms with E-state index in [1.54, 1.807) is 0 Å². The van der Waals surface area contributed by atoms with Crippen LogP contribution in [0, 0.1) is 0 Å². The zero-order valence-corrected chi connectivity index (χ0v) is 32.3. The molecule has 7 aromatic rings. The van der Waals surface area contributed by atoms with Crippen LogP contribution in [-0.4, -0.2) is 9.97 Å². The van der Waals surface area contributed by atoms with Crippen molar-refractivity contribution in [3.05, 3.63) is 143 Å². The van der Waals surface area contributed by atoms with Crippen molar-refractivity contribution in [1.29, 1.82) is 0 Å². The fourth-order valence-electron chi connectivity index (χ4n) is 9.29. The molecule has 0 bridgehead atoms. The van der Waals surface area contributed by atoms with Crippen LogP contribution in [0.4, 0.5) is 0 Å². The van der Waals surface area contributed by atoms with Gasteiger partial charge in [0.25, 0.3) is 0 Å². The monoisotopic (exact) mass is 694 g/mol. The molecule has 0 fully saturated rings. The number of pyridine rings is 2. The molecule has 9 rings (SSSR count). The van der Waals surface area contributed by atoms with Gasteiger partial charge >= 0.3 is 0 Å². The van der Waals surface area contributed by atoms with Crippen molar-refractivity contribution in [3.8, 4) is 33.6 Å². The van der Waals surface area contributed by atoms with Crippen molar-refractivity contribution < 1.29 is 4.42 Å². The van der Waals surface area contributed by atoms with Gasteiger partial charge in [0, 0.05) is 34.3 Å². The fourth-order valence-corrected chi connectivity index (χ4v) is 9.29. The second-order valence-corrected chi connectivity index (χ2v) is 18.2. The Balaban J connectivity index is 0.960. The summed E-state index contributed by atoms with van der Waals surface area (Å²) in [6.45, 7) is 16.7. The molecule has 3 aromatic heterocycles. The lowest BCUT2D eigenvalue weighted by molar-refractivity contribution is 0.309. The molecular weight excluding hydrogens is 645 g/mol. The molecule has 0 aliphatic heterocycles. The fraction of sp³-hybridized carbons (Fsp3) is 0.320. The number of benzene rings is 4. The van der Waals surface area contributed by atoms with Crippen LogP contribution in [0.25, 0.3) is 55.6 Å². The Morgan fingerprint density at radius 2 is 0.981 bits per heavy atom. The zero-order valence-electron chi connectivity index (χ0n) is 32.3. The molecule has 1 atom stereocenters. The lowest BCUT2D eigenvalue weighted by Gasteiger charge is -2.43. The Morgan fingerprint density at radius 3 is 1.68 bits per heavy atom. The van der Waals surface area contributed by atoms with Crippen LogP contribution in [0.5, 0.6) is 0 Å². The number of para-hydroxylation sites is 1. The molecule has 4 aromatic carbocycles. The summed E-state index contributed by atoms with van der Waals surface area (Å²) in [5, 5.41) is 2.29. The van der Waals surface area contributed by atoms with Gasteiger partial charge in [0.05, 0.1) is 11.4 Å². The van der Waals surface area contributed by atoms with E-state index in [0.717, 1.165) is 58.2 Å². The molecular formula is C50H50N2O. The number of furan rings is 1. The lowest BCUT2D eigenvalue weighted by Crippen LogP contribution is -2.37. The van der Waals surface area contributed by atoms with Gasteiger partial charge in [0.15, 0.2) is 0 Å². The molecule has 2 aliphatic carbocycles. The molecule has 0 radical (unpaired) electrons. The average Bonchev–Trinajstić information content (AvgIpc) is 3.54. The highest BCUT2D eigenvalue weighted by atomic mass is 16.3. The minimum Gasteiger partial charge on any atom is -0.456 e. The van der Waals surface area contributed by atoms with Crippen LogP contribution in [0.3, 0.4) is 0 Å². The Hall–Kier alpha value is -5.02. The van der Waals surface area contributed by atoms with Crippen LogP contribution in [0.2, 0.25) is 0 Å². The molecule has 0 saturated carbocycles. The van der Waals surface area contributed by atoms with E-state index < -0.39 is 0 Å². The summed E-state index contributed by atoms with van der Waals surface area (Å²) in [7, 11) is 0. The summed E-state index contributed by atoms with van der Waals surface area (Å²) >= 11 is 0. The number of hydrogen-bond acceptors (Lipinski definition) is 3. The van der Waals surface area contributed by atoms with E-state index in [-0.39, 0.29) is 21.7 Å². The van der Waals surface area contributed by atoms with Crippen LogP contribution in [0.15, 0.2) is 120 Å². The van der Waals surface area contributed by atoms with E-state index in [2.05, 4.69) is 152 Å². The van der Waals surface area contributed by atoms with E-state index >= 15 is 0 Å². The summed E-state index contributed by atoms with van der Waals surface area (Å²) < 4.78 is 6.11. The maximum Gasteiger partial charge on any atom is 0.135 e. The number of rotatable bonds is 5. The Kier molecular flexibility index (Phi) is 7.65. The minimum atomic E-state index is 0.00984. The second-order valence-electron chi connectivity index (χ2n) is 18.2. The summed E-state index contributed by atoms with van der Waals surface area (Å²) in [5.41, 5.74) is 16.2. The molecule has 0 saturated heterocycles. The van der Waals surface area contributed by atoms with Gasteiger partial charge in [-0.3, -0.25) is 9.97 Å². The molecule has 3 heterocycles. The second kappa shape index (κ2) is 12.0. The number of hydrogen-bond donors (Lipinski definition) is 0. The summed E-state index contributed by atoms with van der Waals surface area (Å²) in [6, 6.07) is 37.7. The third-order valence-corrected chi connectivity index (χ3v) is 13.1. The van der Waals surface area contributed by atoms with Gasteiger partial charge in [-0.1, -0.05) is 115 Å². The van der Waals surface area contributed by atoms with Crippen molar-refractivity contribution in [2.75, 3.05) is 0 Å². The molecule has 3 nitrogen and oxygen atoms in total. The van der Waals surface area contributed by atoms with Gasteiger partial charge < -0.3 is 4.42 Å². The third kappa shape index (κ3) is 5.80. The first-order valence-corrected chi connectivity index (χ1v) is 19.4. The highest BCUT2D eigenvalue weighted by Gasteiger charge is 2.41. The van der Waals surface area contributed by atoms with Crippen LogP contribution in [-0.2, 0) is 28.1 Å². The predicted molar refractivity (Wildman–Crippen MR) is 221 cm³/mol. The standard InChI is InChI=1S/C50H50N2O/c1-47(2)22-23-49(5,6)41-30-51-43(27-39(41)47)35-18-16-34(17-19-35)33-14-12-32(13-15-33)29-50(7)25-24-48(3,4)40-28-44(52-31-42(40)50)36-20-21-46-38(26-36)37-10-8-9-11-45(37)53-46/h8-21,26-28,30-31H,22-25,29H2,1-7H3. The first kappa shape index (κ1) is 33.8. The highest BCUT2D eigenvalue weighted by Crippen LogP contribution is 2.49. The van der Waals surface area contributed by atoms with Crippen molar-refractivity contribution in [1.82, 2.24) is 9.97 Å². The number of fused-ring (bicyclic) bond motifs is 5. The largest absolute Gasteiger partial charge is 0.456 e. The quantitative estimate of drug-likeness (QED) is 0.180. The Bertz CT molecular complexity index is 2510. The molecule has 0 spiro atoms. The van der Waals surface area contributed by atoms with Crippen molar-refractivity contribution >= 4 is 21.9 Å². The Morgan fingerprint density at radius 1 is 0.472 bits per heavy atom. The smallest absolute Gasteiger partial charge is 0.135 e. The van der Waals surface area contributed by atoms with Crippen LogP contribution in [0.1, 0.15) is 102 Å². The first-order valence-electron chi connectivity index (χ1n) is 19.4. The van der Waals surface area contributed by atoms with Gasteiger partial charge in [-0.2, -0.15) is 0 Å². The van der Waals surface area contributed by atoms with E-state index in [1.807, 2.05) is 12.1 Å². The maximum absolute atomic E-state index is 6.11. The van der Waals surface area contributed by atoms with Crippen LogP contribution >= 0.6 is 0 Å². The molecule has 2 aliphatic rings. The van der Waals surface area contributed by atoms with Gasteiger partial charge in [-0.15, -0.1) is 0 Å². The Labute approximate surface area is 314 Å². The topological polar surface area (TPSA) is 38.9 Å². The van der Waals surface area contributed by atoms with E-state index in [1.165, 1.54) is 57.3 Å². The number of nitrogens with zero attached hydrogens (tertiary/aromatic N) is 2. The third-order valence-electron chi connectivity index (χ3n) is 13.1. The predicted octanol–water partition coefficient (Wildman–Crippen LogP) is 13.3. The lowest BCUT2D eigenvalue weighted by atomic mass is 9.61. The van der Waals surface area contributed by atoms with Gasteiger partial charge in [-0.25, -0.2) is 0 Å². The average molecular weight is 695 g/mol. The molecule has 0 N–H and O–H groups in total. The zero-order chi connectivity index (χ0) is 36.8. The molecule has 266 valence electrons. The van der Waals surface area contributed by atoms with Gasteiger partial charge in [0.2, 0.25) is 0 Å². The molecule has 0 amide bonds. The highest BCUT2D eigenvalue weighted by molar-refractivity contribution is 6.06.